The van der Waals surface area contributed by atoms with E-state index in [1.807, 2.05) is 32.0 Å². The van der Waals surface area contributed by atoms with Crippen LogP contribution in [0.4, 0.5) is 18.9 Å². The number of aryl methyl sites for hydroxylation is 2. The Hall–Kier alpha value is -2.02. The van der Waals surface area contributed by atoms with Crippen LogP contribution in [0, 0.1) is 13.8 Å². The summed E-state index contributed by atoms with van der Waals surface area (Å²) in [5, 5.41) is 2.45. The van der Waals surface area contributed by atoms with Gasteiger partial charge in [-0.25, -0.2) is 0 Å². The standard InChI is InChI=1S/C18H17BrF3NO2/c1-11-3-4-12(2)16(9-11)25-8-7-17(24)23-13-5-6-15(19)14(10-13)18(20,21)22/h3-6,9-10H,7-8H2,1-2H3,(H,23,24). The average molecular weight is 416 g/mol. The Labute approximate surface area is 152 Å². The highest BCUT2D eigenvalue weighted by Gasteiger charge is 2.33. The topological polar surface area (TPSA) is 38.3 Å². The predicted octanol–water partition coefficient (Wildman–Crippen LogP) is 5.49. The van der Waals surface area contributed by atoms with Crippen LogP contribution in [-0.4, -0.2) is 12.5 Å². The summed E-state index contributed by atoms with van der Waals surface area (Å²) in [7, 11) is 0. The van der Waals surface area contributed by atoms with E-state index in [4.69, 9.17) is 4.74 Å². The molecule has 134 valence electrons. The number of rotatable bonds is 5. The lowest BCUT2D eigenvalue weighted by molar-refractivity contribution is -0.138. The highest BCUT2D eigenvalue weighted by Crippen LogP contribution is 2.36. The summed E-state index contributed by atoms with van der Waals surface area (Å²) in [5.41, 5.74) is 1.25. The van der Waals surface area contributed by atoms with Gasteiger partial charge in [0.05, 0.1) is 18.6 Å². The minimum atomic E-state index is -4.49. The SMILES string of the molecule is Cc1ccc(C)c(OCCC(=O)Nc2ccc(Br)c(C(F)(F)F)c2)c1. The molecule has 0 unspecified atom stereocenters. The molecular formula is C18H17BrF3NO2. The Kier molecular flexibility index (Phi) is 6.11. The number of halogens is 4. The van der Waals surface area contributed by atoms with Crippen LogP contribution in [0.1, 0.15) is 23.1 Å². The van der Waals surface area contributed by atoms with E-state index in [2.05, 4.69) is 21.2 Å². The lowest BCUT2D eigenvalue weighted by Gasteiger charge is -2.13. The van der Waals surface area contributed by atoms with Crippen molar-refractivity contribution in [2.24, 2.45) is 0 Å². The molecule has 0 saturated carbocycles. The van der Waals surface area contributed by atoms with Crippen LogP contribution >= 0.6 is 15.9 Å². The van der Waals surface area contributed by atoms with Crippen LogP contribution in [0.25, 0.3) is 0 Å². The Bertz CT molecular complexity index is 775. The number of amides is 1. The van der Waals surface area contributed by atoms with E-state index in [1.165, 1.54) is 12.1 Å². The third-order valence-electron chi connectivity index (χ3n) is 3.49. The second kappa shape index (κ2) is 7.91. The number of alkyl halides is 3. The fourth-order valence-corrected chi connectivity index (χ4v) is 2.63. The summed E-state index contributed by atoms with van der Waals surface area (Å²) in [4.78, 5) is 11.9. The van der Waals surface area contributed by atoms with E-state index in [9.17, 15) is 18.0 Å². The Balaban J connectivity index is 1.93. The highest BCUT2D eigenvalue weighted by molar-refractivity contribution is 9.10. The monoisotopic (exact) mass is 415 g/mol. The van der Waals surface area contributed by atoms with Crippen molar-refractivity contribution < 1.29 is 22.7 Å². The minimum Gasteiger partial charge on any atom is -0.493 e. The van der Waals surface area contributed by atoms with E-state index >= 15 is 0 Å². The molecule has 0 aliphatic carbocycles. The van der Waals surface area contributed by atoms with Crippen LogP contribution in [0.3, 0.4) is 0 Å². The molecule has 0 heterocycles. The van der Waals surface area contributed by atoms with E-state index in [-0.39, 0.29) is 23.2 Å². The van der Waals surface area contributed by atoms with Crippen molar-refractivity contribution in [3.05, 3.63) is 57.6 Å². The lowest BCUT2D eigenvalue weighted by atomic mass is 10.1. The van der Waals surface area contributed by atoms with Gasteiger partial charge in [-0.3, -0.25) is 4.79 Å². The molecule has 0 aliphatic rings. The molecule has 0 bridgehead atoms. The van der Waals surface area contributed by atoms with Crippen molar-refractivity contribution >= 4 is 27.5 Å². The van der Waals surface area contributed by atoms with Crippen molar-refractivity contribution in [3.63, 3.8) is 0 Å². The van der Waals surface area contributed by atoms with Crippen molar-refractivity contribution in [2.45, 2.75) is 26.4 Å². The van der Waals surface area contributed by atoms with Gasteiger partial charge >= 0.3 is 6.18 Å². The first-order valence-electron chi connectivity index (χ1n) is 7.53. The van der Waals surface area contributed by atoms with Gasteiger partial charge in [0.25, 0.3) is 0 Å². The summed E-state index contributed by atoms with van der Waals surface area (Å²) < 4.78 is 44.1. The van der Waals surface area contributed by atoms with Crippen molar-refractivity contribution in [1.29, 1.82) is 0 Å². The minimum absolute atomic E-state index is 0.0325. The molecule has 0 atom stereocenters. The van der Waals surface area contributed by atoms with E-state index in [0.29, 0.717) is 5.75 Å². The van der Waals surface area contributed by atoms with Crippen LogP contribution in [-0.2, 0) is 11.0 Å². The van der Waals surface area contributed by atoms with E-state index < -0.39 is 17.6 Å². The van der Waals surface area contributed by atoms with Gasteiger partial charge in [0.2, 0.25) is 5.91 Å². The number of hydrogen-bond donors (Lipinski definition) is 1. The zero-order valence-corrected chi connectivity index (χ0v) is 15.3. The number of ether oxygens (including phenoxy) is 1. The molecule has 0 fully saturated rings. The Morgan fingerprint density at radius 2 is 1.88 bits per heavy atom. The normalized spacial score (nSPS) is 11.3. The summed E-state index contributed by atoms with van der Waals surface area (Å²) in [6.45, 7) is 3.97. The summed E-state index contributed by atoms with van der Waals surface area (Å²) in [6.07, 6.45) is -4.46. The molecule has 1 N–H and O–H groups in total. The number of benzene rings is 2. The number of anilines is 1. The fourth-order valence-electron chi connectivity index (χ4n) is 2.16. The van der Waals surface area contributed by atoms with E-state index in [0.717, 1.165) is 17.2 Å². The lowest BCUT2D eigenvalue weighted by Crippen LogP contribution is -2.16. The smallest absolute Gasteiger partial charge is 0.417 e. The number of nitrogens with one attached hydrogen (secondary N) is 1. The molecule has 3 nitrogen and oxygen atoms in total. The molecular weight excluding hydrogens is 399 g/mol. The number of carbonyl (C=O) groups excluding carboxylic acids is 1. The molecule has 2 rings (SSSR count). The van der Waals surface area contributed by atoms with Crippen LogP contribution in [0.5, 0.6) is 5.75 Å². The maximum absolute atomic E-state index is 12.9. The predicted molar refractivity (Wildman–Crippen MR) is 93.8 cm³/mol. The van der Waals surface area contributed by atoms with Gasteiger partial charge in [-0.2, -0.15) is 13.2 Å². The molecule has 2 aromatic carbocycles. The maximum Gasteiger partial charge on any atom is 0.417 e. The first-order chi connectivity index (χ1) is 11.7. The maximum atomic E-state index is 12.9. The third-order valence-corrected chi connectivity index (χ3v) is 4.18. The number of hydrogen-bond acceptors (Lipinski definition) is 2. The van der Waals surface area contributed by atoms with Gasteiger partial charge in [0.1, 0.15) is 5.75 Å². The van der Waals surface area contributed by atoms with Crippen LogP contribution in [0.2, 0.25) is 0 Å². The van der Waals surface area contributed by atoms with Crippen molar-refractivity contribution in [3.8, 4) is 5.75 Å². The quantitative estimate of drug-likeness (QED) is 0.700. The molecule has 0 radical (unpaired) electrons. The highest BCUT2D eigenvalue weighted by atomic mass is 79.9. The van der Waals surface area contributed by atoms with Crippen LogP contribution < -0.4 is 10.1 Å². The molecule has 0 spiro atoms. The second-order valence-electron chi connectivity index (χ2n) is 5.61. The second-order valence-corrected chi connectivity index (χ2v) is 6.46. The first kappa shape index (κ1) is 19.3. The van der Waals surface area contributed by atoms with Gasteiger partial charge in [0, 0.05) is 10.2 Å². The summed E-state index contributed by atoms with van der Waals surface area (Å²) in [6, 6.07) is 9.31. The average Bonchev–Trinajstić information content (AvgIpc) is 2.51. The number of carbonyl (C=O) groups is 1. The zero-order chi connectivity index (χ0) is 18.6. The molecule has 0 aromatic heterocycles. The molecule has 0 aliphatic heterocycles. The van der Waals surface area contributed by atoms with Gasteiger partial charge in [0.15, 0.2) is 0 Å². The van der Waals surface area contributed by atoms with Crippen LogP contribution in [0.15, 0.2) is 40.9 Å². The van der Waals surface area contributed by atoms with E-state index in [1.54, 1.807) is 0 Å². The van der Waals surface area contributed by atoms with Crippen molar-refractivity contribution in [2.75, 3.05) is 11.9 Å². The first-order valence-corrected chi connectivity index (χ1v) is 8.33. The van der Waals surface area contributed by atoms with Gasteiger partial charge < -0.3 is 10.1 Å². The summed E-state index contributed by atoms with van der Waals surface area (Å²) >= 11 is 2.86. The Morgan fingerprint density at radius 3 is 2.56 bits per heavy atom. The third kappa shape index (κ3) is 5.49. The Morgan fingerprint density at radius 1 is 1.16 bits per heavy atom. The molecule has 25 heavy (non-hydrogen) atoms. The largest absolute Gasteiger partial charge is 0.493 e. The molecule has 7 heteroatoms. The zero-order valence-electron chi connectivity index (χ0n) is 13.7. The molecule has 0 saturated heterocycles. The van der Waals surface area contributed by atoms with Gasteiger partial charge in [-0.05, 0) is 49.2 Å². The fraction of sp³-hybridized carbons (Fsp3) is 0.278. The van der Waals surface area contributed by atoms with Gasteiger partial charge in [-0.1, -0.05) is 28.1 Å². The van der Waals surface area contributed by atoms with Crippen molar-refractivity contribution in [1.82, 2.24) is 0 Å². The summed E-state index contributed by atoms with van der Waals surface area (Å²) in [5.74, 6) is 0.275. The van der Waals surface area contributed by atoms with Gasteiger partial charge in [-0.15, -0.1) is 0 Å². The molecule has 1 amide bonds. The molecule has 2 aromatic rings.